The number of carbonyl (C=O) groups excluding carboxylic acids is 1. The van der Waals surface area contributed by atoms with Crippen molar-refractivity contribution in [2.45, 2.75) is 723 Å². The van der Waals surface area contributed by atoms with Crippen LogP contribution in [-0.4, -0.2) is 96.0 Å². The molecule has 0 aromatic carbocycles. The van der Waals surface area contributed by atoms with Crippen LogP contribution in [0.15, 0.2) is 11.6 Å². The van der Waals surface area contributed by atoms with Crippen molar-refractivity contribution >= 4 is 6.09 Å². The van der Waals surface area contributed by atoms with Gasteiger partial charge in [-0.05, 0) is 185 Å². The van der Waals surface area contributed by atoms with Gasteiger partial charge in [0.05, 0.1) is 39.1 Å². The van der Waals surface area contributed by atoms with Crippen molar-refractivity contribution in [1.29, 1.82) is 0 Å². The van der Waals surface area contributed by atoms with E-state index in [0.717, 1.165) is 157 Å². The molecule has 0 aromatic heterocycles. The third-order valence-electron chi connectivity index (χ3n) is 35.0. The zero-order valence-electron chi connectivity index (χ0n) is 105. The molecule has 9 atom stereocenters. The lowest BCUT2D eigenvalue weighted by Gasteiger charge is -2.58. The van der Waals surface area contributed by atoms with Crippen LogP contribution in [0.25, 0.3) is 0 Å². The minimum atomic E-state index is -0.248. The predicted octanol–water partition coefficient (Wildman–Crippen LogP) is 45.9. The Kier molecular flexibility index (Phi) is 106. The second-order valence-electron chi connectivity index (χ2n) is 52.5. The maximum Gasteiger partial charge on any atom is 0.407 e. The molecule has 0 aromatic rings. The second-order valence-corrected chi connectivity index (χ2v) is 52.5. The quantitative estimate of drug-likeness (QED) is 0.0458. The number of carbonyl (C=O) groups is 1. The number of amides is 1. The Bertz CT molecular complexity index is 2640. The Hall–Kier alpha value is -1.23. The zero-order chi connectivity index (χ0) is 109. The molecule has 0 heterocycles. The van der Waals surface area contributed by atoms with Crippen molar-refractivity contribution in [2.24, 2.45) is 81.3 Å². The molecule has 0 radical (unpaired) electrons. The Morgan fingerprint density at radius 2 is 0.662 bits per heavy atom. The van der Waals surface area contributed by atoms with Crippen LogP contribution in [0.4, 0.5) is 4.79 Å². The van der Waals surface area contributed by atoms with Crippen molar-refractivity contribution in [3.05, 3.63) is 11.6 Å². The number of hydrogen-bond donors (Lipinski definition) is 2. The van der Waals surface area contributed by atoms with Crippen molar-refractivity contribution in [2.75, 3.05) is 72.6 Å². The Morgan fingerprint density at radius 3 is 1.02 bits per heavy atom. The van der Waals surface area contributed by atoms with Gasteiger partial charge in [0.25, 0.3) is 0 Å². The second kappa shape index (κ2) is 107. The predicted molar refractivity (Wildman–Crippen MR) is 658 cm³/mol. The molecule has 0 saturated heterocycles. The number of unbranched alkanes of at least 4 members (excludes halogenated alkanes) is 64. The van der Waals surface area contributed by atoms with E-state index in [1.54, 1.807) is 5.57 Å². The molecule has 9 heteroatoms. The summed E-state index contributed by atoms with van der Waals surface area (Å²) < 4.78 is 35.6. The smallest absolute Gasteiger partial charge is 0.407 e. The third-order valence-corrected chi connectivity index (χ3v) is 35.0. The molecule has 3 fully saturated rings. The largest absolute Gasteiger partial charge is 0.446 e. The molecule has 4 aliphatic rings. The van der Waals surface area contributed by atoms with Gasteiger partial charge in [-0.3, -0.25) is 0 Å². The summed E-state index contributed by atoms with van der Waals surface area (Å²) >= 11 is 0. The molecule has 1 amide bonds. The standard InChI is InChI=1S/C36H74O3.C34H59NO2.C31H64O.C21H44O2.C17H36/c1-5-7-9-11-13-15-17-19-21-23-25-27-29-38-33-36(32-37,31-35(3)4)34-39-30-28-26-24-22-20-18-16-14-12-10-8-6-2;1-23(2)10-8-12-25(5)29-15-16-30-28-14-13-26-22-27(37-32(36)35-21-9-11-24(3)4)17-19-33(26,6)31(28)18-20-34(29,30)7;1-5-7-9-11-13-15-17-18-20-22-24-26-28-32-31(29-30(3)4)27-25-23-21-19-16-14-12-10-8-6-2;1-4-5-6-7-8-9-10-11-12-13-14-15-17-22-19-20-23-18-16-21(2)3;1-4-5-6-7-8-9-10-11-12-13-14-15-16-17(2)3/h35,37H,5-34H2,1-4H3;13,23-25,27-31H,8-12,14-22H2,1-7H3,(H,35,36);30-31H,5-29H2,1-4H3;21H,4-20H2,1-3H3;17H,4-16H2,1-3H3/t;25?,27-,28?,29?,30?,31?,33-,34+;;;/m.0.../s1. The van der Waals surface area contributed by atoms with E-state index in [1.165, 1.54) is 514 Å². The molecule has 0 spiro atoms. The summed E-state index contributed by atoms with van der Waals surface area (Å²) in [6.07, 6.45) is 124. The maximum absolute atomic E-state index is 12.4. The molecule has 886 valence electrons. The van der Waals surface area contributed by atoms with Crippen LogP contribution >= 0.6 is 0 Å². The normalized spacial score (nSPS) is 18.5. The van der Waals surface area contributed by atoms with E-state index >= 15 is 0 Å². The van der Waals surface area contributed by atoms with Gasteiger partial charge >= 0.3 is 6.09 Å². The summed E-state index contributed by atoms with van der Waals surface area (Å²) in [5, 5.41) is 13.3. The number of ether oxygens (including phenoxy) is 6. The molecule has 4 aliphatic carbocycles. The molecule has 3 saturated carbocycles. The van der Waals surface area contributed by atoms with Gasteiger partial charge in [0.1, 0.15) is 6.10 Å². The number of allylic oxidation sites excluding steroid dienone is 1. The van der Waals surface area contributed by atoms with E-state index in [4.69, 9.17) is 28.4 Å². The van der Waals surface area contributed by atoms with E-state index < -0.39 is 0 Å². The number of aliphatic hydroxyl groups is 1. The minimum Gasteiger partial charge on any atom is -0.446 e. The SMILES string of the molecule is CC(C)CCCNC(=O)O[C@H]1CC[C@@]2(C)C(=CCC3C4CCC(C(C)CCCC(C)C)[C@@]4(C)CCC32)C1.CCCCCCCCCCCCCCC(C)C.CCCCCCCCCCCCCCOC(CCCCCCCCCCCC)CC(C)C.CCCCCCCCCCCCCCOCC(CO)(COCCCCCCCCCCCCCC)CC(C)C.CCCCCCCCCCCCCCOCCOCCC(C)C. The zero-order valence-corrected chi connectivity index (χ0v) is 105. The van der Waals surface area contributed by atoms with Crippen LogP contribution < -0.4 is 5.32 Å². The molecule has 2 N–H and O–H groups in total. The Balaban J connectivity index is 0.00000187. The van der Waals surface area contributed by atoms with Gasteiger partial charge in [0.15, 0.2) is 0 Å². The van der Waals surface area contributed by atoms with Gasteiger partial charge in [0, 0.05) is 51.4 Å². The van der Waals surface area contributed by atoms with E-state index in [0.29, 0.717) is 42.0 Å². The van der Waals surface area contributed by atoms with Gasteiger partial charge in [-0.1, -0.05) is 607 Å². The Labute approximate surface area is 932 Å². The first kappa shape index (κ1) is 147. The lowest BCUT2D eigenvalue weighted by Crippen LogP contribution is -2.51. The summed E-state index contributed by atoms with van der Waals surface area (Å²) in [4.78, 5) is 12.4. The van der Waals surface area contributed by atoms with E-state index in [-0.39, 0.29) is 24.2 Å². The van der Waals surface area contributed by atoms with Crippen LogP contribution in [0.2, 0.25) is 0 Å². The van der Waals surface area contributed by atoms with Crippen molar-refractivity contribution < 1.29 is 38.3 Å². The van der Waals surface area contributed by atoms with Crippen LogP contribution in [-0.2, 0) is 28.4 Å². The number of nitrogens with one attached hydrogen (secondary N) is 1. The number of hydrogen-bond acceptors (Lipinski definition) is 8. The van der Waals surface area contributed by atoms with Crippen molar-refractivity contribution in [3.8, 4) is 0 Å². The fourth-order valence-electron chi connectivity index (χ4n) is 25.4. The molecular formula is C139H277NO8. The molecular weight excluding hydrogens is 1810 g/mol. The first-order chi connectivity index (χ1) is 71.9. The van der Waals surface area contributed by atoms with Crippen molar-refractivity contribution in [1.82, 2.24) is 5.32 Å². The highest BCUT2D eigenvalue weighted by molar-refractivity contribution is 5.67. The van der Waals surface area contributed by atoms with E-state index in [9.17, 15) is 9.90 Å². The lowest BCUT2D eigenvalue weighted by molar-refractivity contribution is -0.0623. The van der Waals surface area contributed by atoms with Crippen molar-refractivity contribution in [3.63, 3.8) is 0 Å². The van der Waals surface area contributed by atoms with Crippen LogP contribution in [0.5, 0.6) is 0 Å². The number of fused-ring (bicyclic) bond motifs is 5. The van der Waals surface area contributed by atoms with Gasteiger partial charge in [-0.2, -0.15) is 0 Å². The number of rotatable bonds is 102. The average molecular weight is 2090 g/mol. The summed E-state index contributed by atoms with van der Waals surface area (Å²) in [5.41, 5.74) is 2.23. The van der Waals surface area contributed by atoms with Gasteiger partial charge < -0.3 is 38.8 Å². The average Bonchev–Trinajstić information content (AvgIpc) is 1.54. The highest BCUT2D eigenvalue weighted by Gasteiger charge is 2.59. The summed E-state index contributed by atoms with van der Waals surface area (Å²) in [7, 11) is 0. The molecule has 4 rings (SSSR count). The fraction of sp³-hybridized carbons (Fsp3) is 0.978. The van der Waals surface area contributed by atoms with E-state index in [2.05, 4.69) is 157 Å². The lowest BCUT2D eigenvalue weighted by atomic mass is 9.47. The Morgan fingerprint density at radius 1 is 0.331 bits per heavy atom. The molecule has 9 nitrogen and oxygen atoms in total. The summed E-state index contributed by atoms with van der Waals surface area (Å²) in [6.45, 7) is 57.1. The number of aliphatic hydroxyl groups excluding tert-OH is 1. The first-order valence-electron chi connectivity index (χ1n) is 68.1. The van der Waals surface area contributed by atoms with Crippen LogP contribution in [0.3, 0.4) is 0 Å². The van der Waals surface area contributed by atoms with Crippen LogP contribution in [0.1, 0.15) is 710 Å². The van der Waals surface area contributed by atoms with Crippen LogP contribution in [0, 0.1) is 81.3 Å². The highest BCUT2D eigenvalue weighted by atomic mass is 16.6. The minimum absolute atomic E-state index is 0.0531. The molecule has 148 heavy (non-hydrogen) atoms. The monoisotopic (exact) mass is 2090 g/mol. The number of alkyl carbamates (subject to hydrolysis) is 1. The van der Waals surface area contributed by atoms with Gasteiger partial charge in [-0.15, -0.1) is 0 Å². The molecule has 0 bridgehead atoms. The molecule has 0 aliphatic heterocycles. The fourth-order valence-corrected chi connectivity index (χ4v) is 25.4. The maximum atomic E-state index is 12.4. The summed E-state index contributed by atoms with van der Waals surface area (Å²) in [6, 6.07) is 0. The highest BCUT2D eigenvalue weighted by Crippen LogP contribution is 2.67. The third kappa shape index (κ3) is 87.7. The first-order valence-corrected chi connectivity index (χ1v) is 68.1. The topological polar surface area (TPSA) is 105 Å². The van der Waals surface area contributed by atoms with E-state index in [1.807, 2.05) is 0 Å². The molecule has 6 unspecified atom stereocenters. The van der Waals surface area contributed by atoms with Gasteiger partial charge in [0.2, 0.25) is 0 Å². The van der Waals surface area contributed by atoms with Gasteiger partial charge in [-0.25, -0.2) is 4.79 Å². The summed E-state index contributed by atoms with van der Waals surface area (Å²) in [5.74, 6) is 8.83.